The lowest BCUT2D eigenvalue weighted by Gasteiger charge is -2.25. The van der Waals surface area contributed by atoms with Crippen LogP contribution in [0.4, 0.5) is 4.39 Å². The van der Waals surface area contributed by atoms with Crippen LogP contribution < -0.4 is 5.73 Å². The number of hydrogen-bond donors (Lipinski definition) is 1. The second-order valence-corrected chi connectivity index (χ2v) is 6.27. The van der Waals surface area contributed by atoms with Crippen molar-refractivity contribution in [1.82, 2.24) is 0 Å². The molecule has 1 atom stereocenters. The van der Waals surface area contributed by atoms with Crippen molar-refractivity contribution in [2.75, 3.05) is 0 Å². The number of nitrogens with two attached hydrogens (primary N) is 1. The molecule has 0 aliphatic carbocycles. The molecule has 3 aromatic rings. The van der Waals surface area contributed by atoms with Crippen molar-refractivity contribution >= 4 is 21.4 Å². The van der Waals surface area contributed by atoms with Crippen molar-refractivity contribution in [3.63, 3.8) is 0 Å². The molecule has 2 aromatic carbocycles. The fourth-order valence-corrected chi connectivity index (χ4v) is 3.47. The molecule has 0 fully saturated rings. The monoisotopic (exact) mass is 285 g/mol. The van der Waals surface area contributed by atoms with Crippen LogP contribution in [0.15, 0.2) is 53.9 Å². The SMILES string of the molecule is CC(N)(Cc1csc2ccccc12)c1cccc(F)c1. The van der Waals surface area contributed by atoms with Crippen molar-refractivity contribution in [3.05, 3.63) is 70.9 Å². The van der Waals surface area contributed by atoms with E-state index in [2.05, 4.69) is 17.5 Å². The van der Waals surface area contributed by atoms with E-state index in [0.717, 1.165) is 5.56 Å². The van der Waals surface area contributed by atoms with Crippen LogP contribution in [0.5, 0.6) is 0 Å². The summed E-state index contributed by atoms with van der Waals surface area (Å²) < 4.78 is 14.6. The van der Waals surface area contributed by atoms with Crippen LogP contribution in [0, 0.1) is 5.82 Å². The topological polar surface area (TPSA) is 26.0 Å². The number of fused-ring (bicyclic) bond motifs is 1. The lowest BCUT2D eigenvalue weighted by Crippen LogP contribution is -2.35. The van der Waals surface area contributed by atoms with Gasteiger partial charge >= 0.3 is 0 Å². The molecule has 20 heavy (non-hydrogen) atoms. The zero-order chi connectivity index (χ0) is 14.2. The molecule has 1 aromatic heterocycles. The minimum absolute atomic E-state index is 0.241. The molecule has 0 bridgehead atoms. The first kappa shape index (κ1) is 13.3. The summed E-state index contributed by atoms with van der Waals surface area (Å²) in [5.41, 5.74) is 7.90. The Morgan fingerprint density at radius 3 is 2.75 bits per heavy atom. The van der Waals surface area contributed by atoms with Gasteiger partial charge in [0.15, 0.2) is 0 Å². The molecule has 3 rings (SSSR count). The first-order valence-corrected chi connectivity index (χ1v) is 7.44. The fourth-order valence-electron chi connectivity index (χ4n) is 2.51. The Morgan fingerprint density at radius 1 is 1.15 bits per heavy atom. The van der Waals surface area contributed by atoms with Gasteiger partial charge in [-0.25, -0.2) is 4.39 Å². The summed E-state index contributed by atoms with van der Waals surface area (Å²) in [6.07, 6.45) is 0.695. The lowest BCUT2D eigenvalue weighted by atomic mass is 9.86. The zero-order valence-corrected chi connectivity index (χ0v) is 12.1. The van der Waals surface area contributed by atoms with E-state index in [9.17, 15) is 4.39 Å². The largest absolute Gasteiger partial charge is 0.321 e. The molecule has 1 unspecified atom stereocenters. The van der Waals surface area contributed by atoms with Gasteiger partial charge in [-0.1, -0.05) is 30.3 Å². The van der Waals surface area contributed by atoms with Gasteiger partial charge in [0.2, 0.25) is 0 Å². The Labute approximate surface area is 121 Å². The minimum Gasteiger partial charge on any atom is -0.321 e. The third-order valence-electron chi connectivity index (χ3n) is 3.60. The number of halogens is 1. The molecule has 0 saturated carbocycles. The molecular formula is C17H16FNS. The summed E-state index contributed by atoms with van der Waals surface area (Å²) >= 11 is 1.72. The first-order chi connectivity index (χ1) is 9.56. The van der Waals surface area contributed by atoms with Gasteiger partial charge in [0.05, 0.1) is 0 Å². The van der Waals surface area contributed by atoms with Crippen molar-refractivity contribution in [2.45, 2.75) is 18.9 Å². The average molecular weight is 285 g/mol. The predicted octanol–water partition coefficient (Wildman–Crippen LogP) is 4.46. The number of rotatable bonds is 3. The van der Waals surface area contributed by atoms with Gasteiger partial charge in [-0.15, -0.1) is 11.3 Å². The minimum atomic E-state index is -0.577. The van der Waals surface area contributed by atoms with E-state index in [-0.39, 0.29) is 5.82 Å². The highest BCUT2D eigenvalue weighted by molar-refractivity contribution is 7.17. The number of thiophene rings is 1. The number of benzene rings is 2. The van der Waals surface area contributed by atoms with Crippen LogP contribution in [0.2, 0.25) is 0 Å². The summed E-state index contributed by atoms with van der Waals surface area (Å²) in [7, 11) is 0. The van der Waals surface area contributed by atoms with Crippen LogP contribution in [-0.2, 0) is 12.0 Å². The second-order valence-electron chi connectivity index (χ2n) is 5.36. The Kier molecular flexibility index (Phi) is 3.32. The molecule has 3 heteroatoms. The number of hydrogen-bond acceptors (Lipinski definition) is 2. The quantitative estimate of drug-likeness (QED) is 0.755. The van der Waals surface area contributed by atoms with E-state index in [0.29, 0.717) is 6.42 Å². The van der Waals surface area contributed by atoms with Crippen LogP contribution in [-0.4, -0.2) is 0 Å². The maximum Gasteiger partial charge on any atom is 0.123 e. The van der Waals surface area contributed by atoms with Crippen LogP contribution in [0.3, 0.4) is 0 Å². The Hall–Kier alpha value is -1.71. The molecule has 0 aliphatic rings. The molecule has 0 radical (unpaired) electrons. The maximum atomic E-state index is 13.4. The summed E-state index contributed by atoms with van der Waals surface area (Å²) in [6, 6.07) is 14.9. The summed E-state index contributed by atoms with van der Waals surface area (Å²) in [5.74, 6) is -0.241. The summed E-state index contributed by atoms with van der Waals surface area (Å²) in [5, 5.41) is 3.39. The van der Waals surface area contributed by atoms with Crippen LogP contribution in [0.25, 0.3) is 10.1 Å². The van der Waals surface area contributed by atoms with Gasteiger partial charge in [0.25, 0.3) is 0 Å². The van der Waals surface area contributed by atoms with Crippen molar-refractivity contribution in [3.8, 4) is 0 Å². The standard InChI is InChI=1S/C17H16FNS/c1-17(19,13-5-4-6-14(18)9-13)10-12-11-20-16-8-3-2-7-15(12)16/h2-9,11H,10,19H2,1H3. The van der Waals surface area contributed by atoms with Crippen LogP contribution >= 0.6 is 11.3 Å². The molecular weight excluding hydrogens is 269 g/mol. The van der Waals surface area contributed by atoms with E-state index in [1.165, 1.54) is 27.8 Å². The Balaban J connectivity index is 1.97. The van der Waals surface area contributed by atoms with E-state index in [1.807, 2.05) is 25.1 Å². The predicted molar refractivity (Wildman–Crippen MR) is 83.5 cm³/mol. The van der Waals surface area contributed by atoms with Crippen LogP contribution in [0.1, 0.15) is 18.1 Å². The fraction of sp³-hybridized carbons (Fsp3) is 0.176. The molecule has 1 nitrogen and oxygen atoms in total. The van der Waals surface area contributed by atoms with Crippen molar-refractivity contribution < 1.29 is 4.39 Å². The van der Waals surface area contributed by atoms with E-state index in [4.69, 9.17) is 5.73 Å². The molecule has 0 saturated heterocycles. The summed E-state index contributed by atoms with van der Waals surface area (Å²) in [6.45, 7) is 1.95. The lowest BCUT2D eigenvalue weighted by molar-refractivity contribution is 0.488. The Morgan fingerprint density at radius 2 is 1.95 bits per heavy atom. The third-order valence-corrected chi connectivity index (χ3v) is 4.62. The van der Waals surface area contributed by atoms with Gasteiger partial charge < -0.3 is 5.73 Å². The molecule has 102 valence electrons. The molecule has 0 spiro atoms. The van der Waals surface area contributed by atoms with E-state index < -0.39 is 5.54 Å². The highest BCUT2D eigenvalue weighted by atomic mass is 32.1. The Bertz CT molecular complexity index is 745. The summed E-state index contributed by atoms with van der Waals surface area (Å²) in [4.78, 5) is 0. The van der Waals surface area contributed by atoms with Gasteiger partial charge in [0.1, 0.15) is 5.82 Å². The van der Waals surface area contributed by atoms with E-state index in [1.54, 1.807) is 17.4 Å². The maximum absolute atomic E-state index is 13.4. The molecule has 1 heterocycles. The van der Waals surface area contributed by atoms with E-state index >= 15 is 0 Å². The molecule has 0 aliphatic heterocycles. The highest BCUT2D eigenvalue weighted by Gasteiger charge is 2.23. The van der Waals surface area contributed by atoms with Crippen molar-refractivity contribution in [1.29, 1.82) is 0 Å². The van der Waals surface area contributed by atoms with Crippen molar-refractivity contribution in [2.24, 2.45) is 5.73 Å². The third kappa shape index (κ3) is 2.47. The molecule has 0 amide bonds. The normalized spacial score (nSPS) is 14.3. The smallest absolute Gasteiger partial charge is 0.123 e. The van der Waals surface area contributed by atoms with Gasteiger partial charge in [-0.2, -0.15) is 0 Å². The second kappa shape index (κ2) is 5.00. The first-order valence-electron chi connectivity index (χ1n) is 6.56. The average Bonchev–Trinajstić information content (AvgIpc) is 2.82. The highest BCUT2D eigenvalue weighted by Crippen LogP contribution is 2.31. The zero-order valence-electron chi connectivity index (χ0n) is 11.3. The van der Waals surface area contributed by atoms with Gasteiger partial charge in [0, 0.05) is 10.2 Å². The molecule has 2 N–H and O–H groups in total. The van der Waals surface area contributed by atoms with Gasteiger partial charge in [-0.3, -0.25) is 0 Å². The van der Waals surface area contributed by atoms with Gasteiger partial charge in [-0.05, 0) is 53.4 Å².